The number of nitrogens with two attached hydrogens (primary N) is 1. The maximum atomic E-state index is 6.02. The van der Waals surface area contributed by atoms with Gasteiger partial charge in [0.25, 0.3) is 0 Å². The van der Waals surface area contributed by atoms with Crippen LogP contribution in [0.5, 0.6) is 5.75 Å². The van der Waals surface area contributed by atoms with Gasteiger partial charge in [0.15, 0.2) is 0 Å². The number of nitrogen functional groups attached to an aromatic ring is 1. The van der Waals surface area contributed by atoms with Crippen LogP contribution in [0.2, 0.25) is 20.1 Å². The molecule has 2 aromatic rings. The van der Waals surface area contributed by atoms with Gasteiger partial charge in [-0.3, -0.25) is 0 Å². The predicted molar refractivity (Wildman–Crippen MR) is 82.9 cm³/mol. The van der Waals surface area contributed by atoms with Gasteiger partial charge in [0.2, 0.25) is 0 Å². The summed E-state index contributed by atoms with van der Waals surface area (Å²) in [6.45, 7) is 0.117. The molecular formula is C12H9Cl4N3O. The lowest BCUT2D eigenvalue weighted by Crippen LogP contribution is -2.10. The van der Waals surface area contributed by atoms with Gasteiger partial charge in [0.1, 0.15) is 18.2 Å². The van der Waals surface area contributed by atoms with E-state index in [0.717, 1.165) is 0 Å². The van der Waals surface area contributed by atoms with Crippen molar-refractivity contribution in [2.24, 2.45) is 5.84 Å². The van der Waals surface area contributed by atoms with E-state index in [1.807, 2.05) is 0 Å². The summed E-state index contributed by atoms with van der Waals surface area (Å²) in [7, 11) is 0. The molecule has 0 atom stereocenters. The molecule has 8 heteroatoms. The Labute approximate surface area is 135 Å². The van der Waals surface area contributed by atoms with Crippen molar-refractivity contribution in [2.45, 2.75) is 6.61 Å². The predicted octanol–water partition coefficient (Wildman–Crippen LogP) is 4.56. The van der Waals surface area contributed by atoms with E-state index in [0.29, 0.717) is 37.4 Å². The van der Waals surface area contributed by atoms with Crippen molar-refractivity contribution in [1.29, 1.82) is 0 Å². The monoisotopic (exact) mass is 351 g/mol. The molecule has 0 bridgehead atoms. The van der Waals surface area contributed by atoms with Gasteiger partial charge in [0.05, 0.1) is 25.8 Å². The molecule has 0 aliphatic carbocycles. The van der Waals surface area contributed by atoms with Crippen LogP contribution in [0.15, 0.2) is 24.3 Å². The Hall–Kier alpha value is -0.910. The summed E-state index contributed by atoms with van der Waals surface area (Å²) in [5.41, 5.74) is 2.95. The topological polar surface area (TPSA) is 60.2 Å². The standard InChI is InChI=1S/C12H9Cl4N3O/c13-6-1-2-12(19-17)18-10(6)5-20-11-4-8(15)7(14)3-9(11)16/h1-4H,5,17H2,(H,18,19). The molecule has 0 fully saturated rings. The lowest BCUT2D eigenvalue weighted by Gasteiger charge is -2.10. The molecule has 1 aromatic heterocycles. The summed E-state index contributed by atoms with van der Waals surface area (Å²) < 4.78 is 5.55. The molecule has 0 amide bonds. The largest absolute Gasteiger partial charge is 0.486 e. The van der Waals surface area contributed by atoms with Gasteiger partial charge in [0, 0.05) is 6.07 Å². The number of rotatable bonds is 4. The number of pyridine rings is 1. The van der Waals surface area contributed by atoms with E-state index in [-0.39, 0.29) is 6.61 Å². The zero-order valence-corrected chi connectivity index (χ0v) is 13.0. The molecule has 0 spiro atoms. The maximum Gasteiger partial charge on any atom is 0.140 e. The molecule has 0 radical (unpaired) electrons. The molecule has 0 unspecified atom stereocenters. The number of nitrogens with one attached hydrogen (secondary N) is 1. The minimum Gasteiger partial charge on any atom is -0.486 e. The number of hydrogen-bond acceptors (Lipinski definition) is 4. The Balaban J connectivity index is 2.18. The molecule has 20 heavy (non-hydrogen) atoms. The van der Waals surface area contributed by atoms with Gasteiger partial charge in [-0.2, -0.15) is 0 Å². The number of aromatic nitrogens is 1. The number of hydrazine groups is 1. The van der Waals surface area contributed by atoms with Crippen molar-refractivity contribution >= 4 is 52.2 Å². The first-order chi connectivity index (χ1) is 9.51. The fraction of sp³-hybridized carbons (Fsp3) is 0.0833. The van der Waals surface area contributed by atoms with Gasteiger partial charge < -0.3 is 10.2 Å². The second kappa shape index (κ2) is 6.70. The second-order valence-corrected chi connectivity index (χ2v) is 5.38. The fourth-order valence-electron chi connectivity index (χ4n) is 1.43. The fourth-order valence-corrected chi connectivity index (χ4v) is 2.18. The smallest absolute Gasteiger partial charge is 0.140 e. The van der Waals surface area contributed by atoms with E-state index in [1.165, 1.54) is 12.1 Å². The van der Waals surface area contributed by atoms with Gasteiger partial charge in [-0.05, 0) is 18.2 Å². The van der Waals surface area contributed by atoms with Crippen LogP contribution in [0.25, 0.3) is 0 Å². The molecule has 0 saturated carbocycles. The quantitative estimate of drug-likeness (QED) is 0.481. The van der Waals surface area contributed by atoms with Crippen molar-refractivity contribution in [3.8, 4) is 5.75 Å². The highest BCUT2D eigenvalue weighted by molar-refractivity contribution is 6.43. The van der Waals surface area contributed by atoms with Crippen LogP contribution in [-0.2, 0) is 6.61 Å². The highest BCUT2D eigenvalue weighted by Crippen LogP contribution is 2.34. The van der Waals surface area contributed by atoms with E-state index >= 15 is 0 Å². The Kier molecular flexibility index (Phi) is 5.18. The molecule has 2 rings (SSSR count). The van der Waals surface area contributed by atoms with E-state index in [9.17, 15) is 0 Å². The first-order valence-corrected chi connectivity index (χ1v) is 6.92. The van der Waals surface area contributed by atoms with E-state index in [4.69, 9.17) is 57.0 Å². The first-order valence-electron chi connectivity index (χ1n) is 5.40. The lowest BCUT2D eigenvalue weighted by atomic mass is 10.3. The third-order valence-corrected chi connectivity index (χ3v) is 3.77. The zero-order valence-electron chi connectivity index (χ0n) is 9.96. The summed E-state index contributed by atoms with van der Waals surface area (Å²) in [6.07, 6.45) is 0. The van der Waals surface area contributed by atoms with Crippen molar-refractivity contribution in [3.63, 3.8) is 0 Å². The normalized spacial score (nSPS) is 10.4. The number of nitrogens with zero attached hydrogens (tertiary/aromatic N) is 1. The number of benzene rings is 1. The van der Waals surface area contributed by atoms with Crippen LogP contribution >= 0.6 is 46.4 Å². The average molecular weight is 353 g/mol. The third kappa shape index (κ3) is 3.59. The highest BCUT2D eigenvalue weighted by atomic mass is 35.5. The van der Waals surface area contributed by atoms with Gasteiger partial charge in [-0.15, -0.1) is 0 Å². The van der Waals surface area contributed by atoms with Crippen LogP contribution in [0.1, 0.15) is 5.69 Å². The summed E-state index contributed by atoms with van der Waals surface area (Å²) in [5.74, 6) is 6.16. The molecule has 3 N–H and O–H groups in total. The maximum absolute atomic E-state index is 6.02. The second-order valence-electron chi connectivity index (χ2n) is 3.75. The molecule has 106 valence electrons. The van der Waals surface area contributed by atoms with Gasteiger partial charge in [-0.25, -0.2) is 10.8 Å². The molecule has 1 heterocycles. The molecule has 1 aromatic carbocycles. The summed E-state index contributed by atoms with van der Waals surface area (Å²) in [5, 5.41) is 1.51. The Bertz CT molecular complexity index is 636. The van der Waals surface area contributed by atoms with Crippen molar-refractivity contribution < 1.29 is 4.74 Å². The van der Waals surface area contributed by atoms with Crippen LogP contribution < -0.4 is 16.0 Å². The Morgan fingerprint density at radius 3 is 2.40 bits per heavy atom. The van der Waals surface area contributed by atoms with Crippen LogP contribution in [0.3, 0.4) is 0 Å². The van der Waals surface area contributed by atoms with Gasteiger partial charge in [-0.1, -0.05) is 46.4 Å². The third-order valence-electron chi connectivity index (χ3n) is 2.41. The first kappa shape index (κ1) is 15.5. The number of anilines is 1. The van der Waals surface area contributed by atoms with Crippen molar-refractivity contribution in [3.05, 3.63) is 50.0 Å². The van der Waals surface area contributed by atoms with E-state index in [1.54, 1.807) is 12.1 Å². The van der Waals surface area contributed by atoms with Crippen LogP contribution in [0.4, 0.5) is 5.82 Å². The minimum absolute atomic E-state index is 0.117. The molecule has 0 aliphatic heterocycles. The van der Waals surface area contributed by atoms with Crippen molar-refractivity contribution in [2.75, 3.05) is 5.43 Å². The number of ether oxygens (including phenoxy) is 1. The Morgan fingerprint density at radius 1 is 1.00 bits per heavy atom. The number of hydrogen-bond donors (Lipinski definition) is 2. The van der Waals surface area contributed by atoms with E-state index < -0.39 is 0 Å². The van der Waals surface area contributed by atoms with Crippen molar-refractivity contribution in [1.82, 2.24) is 4.98 Å². The Morgan fingerprint density at radius 2 is 1.70 bits per heavy atom. The summed E-state index contributed by atoms with van der Waals surface area (Å²) >= 11 is 23.8. The van der Waals surface area contributed by atoms with Crippen LogP contribution in [-0.4, -0.2) is 4.98 Å². The summed E-state index contributed by atoms with van der Waals surface area (Å²) in [4.78, 5) is 4.18. The molecule has 0 saturated heterocycles. The molecular weight excluding hydrogens is 344 g/mol. The highest BCUT2D eigenvalue weighted by Gasteiger charge is 2.10. The molecule has 4 nitrogen and oxygen atoms in total. The molecule has 0 aliphatic rings. The minimum atomic E-state index is 0.117. The average Bonchev–Trinajstić information content (AvgIpc) is 2.43. The zero-order chi connectivity index (χ0) is 14.7. The SMILES string of the molecule is NNc1ccc(Cl)c(COc2cc(Cl)c(Cl)cc2Cl)n1. The lowest BCUT2D eigenvalue weighted by molar-refractivity contribution is 0.302. The van der Waals surface area contributed by atoms with Gasteiger partial charge >= 0.3 is 0 Å². The van der Waals surface area contributed by atoms with Crippen LogP contribution in [0, 0.1) is 0 Å². The number of halogens is 4. The van der Waals surface area contributed by atoms with E-state index in [2.05, 4.69) is 10.4 Å². The summed E-state index contributed by atoms with van der Waals surface area (Å²) in [6, 6.07) is 6.36.